The SMILES string of the molecule is COC(=O)c1ccc(CN2C[C@H]3C[C@H]2CN3Cc2ccc(Oc3ccc(-c4nccs4)cc3)cc2)cc1. The van der Waals surface area contributed by atoms with Crippen molar-refractivity contribution in [1.29, 1.82) is 0 Å². The van der Waals surface area contributed by atoms with Crippen LogP contribution in [0.5, 0.6) is 11.5 Å². The highest BCUT2D eigenvalue weighted by molar-refractivity contribution is 7.13. The monoisotopic (exact) mass is 511 g/mol. The molecule has 1 aromatic heterocycles. The summed E-state index contributed by atoms with van der Waals surface area (Å²) in [5.41, 5.74) is 4.25. The minimum atomic E-state index is -0.289. The Hall–Kier alpha value is -3.52. The molecule has 0 unspecified atom stereocenters. The molecule has 4 aromatic rings. The summed E-state index contributed by atoms with van der Waals surface area (Å²) in [6, 6.07) is 25.5. The van der Waals surface area contributed by atoms with E-state index < -0.39 is 0 Å². The number of benzene rings is 3. The van der Waals surface area contributed by atoms with Gasteiger partial charge in [0.1, 0.15) is 16.5 Å². The average Bonchev–Trinajstić information content (AvgIpc) is 3.69. The third-order valence-corrected chi connectivity index (χ3v) is 8.13. The predicted octanol–water partition coefficient (Wildman–Crippen LogP) is 5.85. The highest BCUT2D eigenvalue weighted by atomic mass is 32.1. The summed E-state index contributed by atoms with van der Waals surface area (Å²) in [6.07, 6.45) is 3.04. The van der Waals surface area contributed by atoms with E-state index in [9.17, 15) is 4.79 Å². The van der Waals surface area contributed by atoms with Gasteiger partial charge in [-0.25, -0.2) is 9.78 Å². The smallest absolute Gasteiger partial charge is 0.337 e. The second-order valence-electron chi connectivity index (χ2n) is 9.70. The Morgan fingerprint density at radius 1 is 0.865 bits per heavy atom. The average molecular weight is 512 g/mol. The largest absolute Gasteiger partial charge is 0.465 e. The molecule has 2 fully saturated rings. The molecule has 6 nitrogen and oxygen atoms in total. The fraction of sp³-hybridized carbons (Fsp3) is 0.267. The molecule has 0 saturated carbocycles. The van der Waals surface area contributed by atoms with E-state index in [2.05, 4.69) is 39.0 Å². The number of hydrogen-bond donors (Lipinski definition) is 0. The zero-order chi connectivity index (χ0) is 25.2. The number of likely N-dealkylation sites (tertiary alicyclic amines) is 2. The van der Waals surface area contributed by atoms with E-state index in [0.717, 1.165) is 48.2 Å². The second kappa shape index (κ2) is 10.5. The van der Waals surface area contributed by atoms with Crippen LogP contribution >= 0.6 is 11.3 Å². The fourth-order valence-corrected chi connectivity index (χ4v) is 6.03. The summed E-state index contributed by atoms with van der Waals surface area (Å²) in [7, 11) is 1.41. The lowest BCUT2D eigenvalue weighted by Crippen LogP contribution is -2.45. The summed E-state index contributed by atoms with van der Waals surface area (Å²) in [6.45, 7) is 4.06. The number of rotatable bonds is 8. The zero-order valence-electron chi connectivity index (χ0n) is 20.7. The molecular weight excluding hydrogens is 482 g/mol. The second-order valence-corrected chi connectivity index (χ2v) is 10.6. The molecular formula is C30H29N3O3S. The maximum Gasteiger partial charge on any atom is 0.337 e. The molecule has 0 aliphatic carbocycles. The van der Waals surface area contributed by atoms with Crippen LogP contribution in [0.25, 0.3) is 10.6 Å². The van der Waals surface area contributed by atoms with Gasteiger partial charge in [-0.15, -0.1) is 11.3 Å². The van der Waals surface area contributed by atoms with Crippen LogP contribution in [0.3, 0.4) is 0 Å². The molecule has 3 heterocycles. The first kappa shape index (κ1) is 23.9. The summed E-state index contributed by atoms with van der Waals surface area (Å²) < 4.78 is 10.9. The third kappa shape index (κ3) is 5.30. The minimum absolute atomic E-state index is 0.289. The van der Waals surface area contributed by atoms with E-state index in [4.69, 9.17) is 9.47 Å². The number of nitrogens with zero attached hydrogens (tertiary/aromatic N) is 3. The van der Waals surface area contributed by atoms with E-state index in [1.165, 1.54) is 24.7 Å². The topological polar surface area (TPSA) is 54.9 Å². The van der Waals surface area contributed by atoms with Crippen molar-refractivity contribution in [3.05, 3.63) is 101 Å². The van der Waals surface area contributed by atoms with Crippen LogP contribution < -0.4 is 4.74 Å². The highest BCUT2D eigenvalue weighted by Gasteiger charge is 2.42. The molecule has 7 heteroatoms. The molecule has 3 aromatic carbocycles. The van der Waals surface area contributed by atoms with Crippen molar-refractivity contribution in [3.63, 3.8) is 0 Å². The lowest BCUT2D eigenvalue weighted by molar-refractivity contribution is 0.0600. The van der Waals surface area contributed by atoms with Gasteiger partial charge in [-0.3, -0.25) is 9.80 Å². The van der Waals surface area contributed by atoms with Gasteiger partial charge in [0.15, 0.2) is 0 Å². The van der Waals surface area contributed by atoms with Crippen molar-refractivity contribution in [2.75, 3.05) is 20.2 Å². The zero-order valence-corrected chi connectivity index (χ0v) is 21.6. The van der Waals surface area contributed by atoms with Crippen molar-refractivity contribution in [2.24, 2.45) is 0 Å². The minimum Gasteiger partial charge on any atom is -0.465 e. The number of fused-ring (bicyclic) bond motifs is 2. The van der Waals surface area contributed by atoms with Gasteiger partial charge in [-0.1, -0.05) is 24.3 Å². The van der Waals surface area contributed by atoms with Crippen molar-refractivity contribution < 1.29 is 14.3 Å². The molecule has 0 spiro atoms. The molecule has 2 bridgehead atoms. The van der Waals surface area contributed by atoms with Gasteiger partial charge in [0.2, 0.25) is 0 Å². The predicted molar refractivity (Wildman–Crippen MR) is 145 cm³/mol. The molecule has 0 radical (unpaired) electrons. The fourth-order valence-electron chi connectivity index (χ4n) is 5.38. The lowest BCUT2D eigenvalue weighted by atomic mass is 10.1. The summed E-state index contributed by atoms with van der Waals surface area (Å²) in [4.78, 5) is 21.2. The maximum atomic E-state index is 11.7. The Balaban J connectivity index is 1.00. The Morgan fingerprint density at radius 3 is 1.95 bits per heavy atom. The first-order valence-corrected chi connectivity index (χ1v) is 13.4. The van der Waals surface area contributed by atoms with Gasteiger partial charge in [0, 0.05) is 55.4 Å². The number of ether oxygens (including phenoxy) is 2. The molecule has 2 saturated heterocycles. The van der Waals surface area contributed by atoms with Crippen LogP contribution in [0, 0.1) is 0 Å². The summed E-state index contributed by atoms with van der Waals surface area (Å²) in [5, 5.41) is 3.00. The number of thiazole rings is 1. The van der Waals surface area contributed by atoms with Crippen molar-refractivity contribution >= 4 is 17.3 Å². The van der Waals surface area contributed by atoms with Gasteiger partial charge in [-0.05, 0) is 66.1 Å². The number of piperazine rings is 1. The number of aromatic nitrogens is 1. The molecule has 0 N–H and O–H groups in total. The van der Waals surface area contributed by atoms with E-state index >= 15 is 0 Å². The van der Waals surface area contributed by atoms with Gasteiger partial charge in [0.05, 0.1) is 12.7 Å². The third-order valence-electron chi connectivity index (χ3n) is 7.31. The Kier molecular flexibility index (Phi) is 6.74. The molecule has 37 heavy (non-hydrogen) atoms. The highest BCUT2D eigenvalue weighted by Crippen LogP contribution is 2.33. The molecule has 2 aliphatic heterocycles. The van der Waals surface area contributed by atoms with Crippen molar-refractivity contribution in [1.82, 2.24) is 14.8 Å². The quantitative estimate of drug-likeness (QED) is 0.277. The van der Waals surface area contributed by atoms with Gasteiger partial charge < -0.3 is 9.47 Å². The number of hydrogen-bond acceptors (Lipinski definition) is 7. The number of carbonyl (C=O) groups excluding carboxylic acids is 1. The van der Waals surface area contributed by atoms with E-state index in [1.54, 1.807) is 11.3 Å². The van der Waals surface area contributed by atoms with Crippen molar-refractivity contribution in [3.8, 4) is 22.1 Å². The lowest BCUT2D eigenvalue weighted by Gasteiger charge is -2.34. The molecule has 188 valence electrons. The van der Waals surface area contributed by atoms with Gasteiger partial charge >= 0.3 is 5.97 Å². The molecule has 2 aliphatic rings. The van der Waals surface area contributed by atoms with E-state index in [0.29, 0.717) is 17.6 Å². The Bertz CT molecular complexity index is 1340. The van der Waals surface area contributed by atoms with Crippen LogP contribution in [0.15, 0.2) is 84.4 Å². The Labute approximate surface area is 221 Å². The van der Waals surface area contributed by atoms with Crippen LogP contribution in [-0.2, 0) is 17.8 Å². The van der Waals surface area contributed by atoms with Gasteiger partial charge in [-0.2, -0.15) is 0 Å². The maximum absolute atomic E-state index is 11.7. The normalized spacial score (nSPS) is 19.3. The summed E-state index contributed by atoms with van der Waals surface area (Å²) in [5.74, 6) is 1.38. The first-order valence-electron chi connectivity index (χ1n) is 12.6. The number of carbonyl (C=O) groups is 1. The Morgan fingerprint density at radius 2 is 1.43 bits per heavy atom. The van der Waals surface area contributed by atoms with Crippen LogP contribution in [0.2, 0.25) is 0 Å². The molecule has 6 rings (SSSR count). The summed E-state index contributed by atoms with van der Waals surface area (Å²) >= 11 is 1.63. The first-order chi connectivity index (χ1) is 18.1. The van der Waals surface area contributed by atoms with E-state index in [1.807, 2.05) is 60.1 Å². The van der Waals surface area contributed by atoms with Crippen LogP contribution in [-0.4, -0.2) is 53.0 Å². The number of methoxy groups -OCH3 is 1. The van der Waals surface area contributed by atoms with Crippen molar-refractivity contribution in [2.45, 2.75) is 31.6 Å². The van der Waals surface area contributed by atoms with Crippen LogP contribution in [0.4, 0.5) is 0 Å². The van der Waals surface area contributed by atoms with E-state index in [-0.39, 0.29) is 5.97 Å². The number of esters is 1. The molecule has 0 amide bonds. The molecule has 2 atom stereocenters. The standard InChI is InChI=1S/C30H29N3O3S/c1-35-30(34)24-6-2-21(3-7-24)17-32-19-26-16-25(32)20-33(26)18-22-4-10-27(11-5-22)36-28-12-8-23(9-13-28)29-31-14-15-37-29/h2-15,25-26H,16-20H2,1H3/t25-,26+/m0/s1. The van der Waals surface area contributed by atoms with Gasteiger partial charge in [0.25, 0.3) is 0 Å². The van der Waals surface area contributed by atoms with Crippen LogP contribution in [0.1, 0.15) is 27.9 Å².